The van der Waals surface area contributed by atoms with Crippen molar-refractivity contribution < 1.29 is 5.11 Å². The minimum atomic E-state index is 0.329. The summed E-state index contributed by atoms with van der Waals surface area (Å²) in [6, 6.07) is 0.405. The monoisotopic (exact) mass is 256 g/mol. The first-order valence-electron chi connectivity index (χ1n) is 7.94. The van der Waals surface area contributed by atoms with Gasteiger partial charge in [-0.05, 0) is 6.42 Å². The van der Waals surface area contributed by atoms with Gasteiger partial charge in [-0.15, -0.1) is 0 Å². The highest BCUT2D eigenvalue weighted by Crippen LogP contribution is 2.13. The number of nitrogens with zero attached hydrogens (tertiary/aromatic N) is 1. The number of aliphatic hydroxyl groups excluding tert-OH is 1. The summed E-state index contributed by atoms with van der Waals surface area (Å²) in [5.41, 5.74) is 0. The van der Waals surface area contributed by atoms with Gasteiger partial charge in [0.15, 0.2) is 0 Å². The van der Waals surface area contributed by atoms with Gasteiger partial charge >= 0.3 is 0 Å². The molecule has 0 amide bonds. The Balaban J connectivity index is 2.00. The van der Waals surface area contributed by atoms with Gasteiger partial charge in [0.05, 0.1) is 6.61 Å². The number of hydrogen-bond donors (Lipinski definition) is 2. The van der Waals surface area contributed by atoms with Gasteiger partial charge in [0.2, 0.25) is 0 Å². The summed E-state index contributed by atoms with van der Waals surface area (Å²) in [5.74, 6) is 0. The van der Waals surface area contributed by atoms with Crippen molar-refractivity contribution in [3.63, 3.8) is 0 Å². The van der Waals surface area contributed by atoms with E-state index >= 15 is 0 Å². The average Bonchev–Trinajstić information content (AvgIpc) is 2.43. The lowest BCUT2D eigenvalue weighted by Crippen LogP contribution is -2.49. The van der Waals surface area contributed by atoms with Crippen LogP contribution in [-0.2, 0) is 0 Å². The smallest absolute Gasteiger partial charge is 0.0586 e. The number of hydrogen-bond acceptors (Lipinski definition) is 3. The lowest BCUT2D eigenvalue weighted by molar-refractivity contribution is 0.102. The molecule has 1 unspecified atom stereocenters. The van der Waals surface area contributed by atoms with Crippen molar-refractivity contribution in [2.24, 2.45) is 0 Å². The fourth-order valence-electron chi connectivity index (χ4n) is 2.77. The predicted molar refractivity (Wildman–Crippen MR) is 77.9 cm³/mol. The van der Waals surface area contributed by atoms with Crippen LogP contribution < -0.4 is 5.32 Å². The second kappa shape index (κ2) is 10.8. The highest BCUT2D eigenvalue weighted by Gasteiger charge is 2.18. The van der Waals surface area contributed by atoms with E-state index in [1.54, 1.807) is 0 Å². The highest BCUT2D eigenvalue weighted by molar-refractivity contribution is 4.76. The normalized spacial score (nSPS) is 19.0. The second-order valence-corrected chi connectivity index (χ2v) is 5.53. The van der Waals surface area contributed by atoms with Crippen molar-refractivity contribution in [3.8, 4) is 0 Å². The van der Waals surface area contributed by atoms with Crippen molar-refractivity contribution in [2.75, 3.05) is 32.8 Å². The molecule has 0 aromatic rings. The van der Waals surface area contributed by atoms with Crippen LogP contribution in [-0.4, -0.2) is 48.8 Å². The summed E-state index contributed by atoms with van der Waals surface area (Å²) in [6.07, 6.45) is 10.7. The summed E-state index contributed by atoms with van der Waals surface area (Å²) < 4.78 is 0. The van der Waals surface area contributed by atoms with E-state index in [0.717, 1.165) is 26.2 Å². The molecule has 0 bridgehead atoms. The molecule has 0 aromatic heterocycles. The van der Waals surface area contributed by atoms with Crippen LogP contribution in [0.2, 0.25) is 0 Å². The third-order valence-electron chi connectivity index (χ3n) is 4.02. The lowest BCUT2D eigenvalue weighted by Gasteiger charge is -2.34. The first kappa shape index (κ1) is 15.9. The molecule has 18 heavy (non-hydrogen) atoms. The van der Waals surface area contributed by atoms with Crippen LogP contribution in [0.1, 0.15) is 58.3 Å². The van der Waals surface area contributed by atoms with Crippen LogP contribution in [0, 0.1) is 0 Å². The molecule has 0 aliphatic carbocycles. The van der Waals surface area contributed by atoms with Gasteiger partial charge in [0, 0.05) is 32.2 Å². The van der Waals surface area contributed by atoms with E-state index in [1.165, 1.54) is 51.4 Å². The molecule has 1 aliphatic heterocycles. The third-order valence-corrected chi connectivity index (χ3v) is 4.02. The van der Waals surface area contributed by atoms with Crippen LogP contribution in [0.5, 0.6) is 0 Å². The van der Waals surface area contributed by atoms with Gasteiger partial charge in [-0.25, -0.2) is 0 Å². The average molecular weight is 256 g/mol. The lowest BCUT2D eigenvalue weighted by atomic mass is 10.0. The highest BCUT2D eigenvalue weighted by atomic mass is 16.3. The molecular weight excluding hydrogens is 224 g/mol. The molecule has 1 saturated heterocycles. The molecule has 1 aliphatic rings. The topological polar surface area (TPSA) is 35.5 Å². The molecule has 0 spiro atoms. The van der Waals surface area contributed by atoms with E-state index in [4.69, 9.17) is 0 Å². The number of nitrogens with one attached hydrogen (secondary N) is 1. The van der Waals surface area contributed by atoms with Gasteiger partial charge in [0.1, 0.15) is 0 Å². The van der Waals surface area contributed by atoms with Crippen molar-refractivity contribution in [3.05, 3.63) is 0 Å². The standard InChI is InChI=1S/C15H32N2O/c1-2-3-4-5-6-7-8-9-15(14-18)17-12-10-16-11-13-17/h15-16,18H,2-14H2,1H3. The molecule has 2 N–H and O–H groups in total. The summed E-state index contributed by atoms with van der Waals surface area (Å²) in [5, 5.41) is 12.9. The first-order chi connectivity index (χ1) is 8.88. The zero-order valence-electron chi connectivity index (χ0n) is 12.2. The Hall–Kier alpha value is -0.120. The Morgan fingerprint density at radius 3 is 2.22 bits per heavy atom. The van der Waals surface area contributed by atoms with Gasteiger partial charge in [-0.3, -0.25) is 4.90 Å². The fraction of sp³-hybridized carbons (Fsp3) is 1.00. The zero-order valence-corrected chi connectivity index (χ0v) is 12.2. The van der Waals surface area contributed by atoms with E-state index in [0.29, 0.717) is 12.6 Å². The van der Waals surface area contributed by atoms with E-state index in [9.17, 15) is 5.11 Å². The van der Waals surface area contributed by atoms with Crippen molar-refractivity contribution >= 4 is 0 Å². The maximum atomic E-state index is 9.49. The number of aliphatic hydroxyl groups is 1. The molecule has 1 heterocycles. The number of unbranched alkanes of at least 4 members (excludes halogenated alkanes) is 6. The molecule has 1 fully saturated rings. The Kier molecular flexibility index (Phi) is 9.54. The van der Waals surface area contributed by atoms with Gasteiger partial charge < -0.3 is 10.4 Å². The predicted octanol–water partition coefficient (Wildman–Crippen LogP) is 2.39. The zero-order chi connectivity index (χ0) is 13.1. The van der Waals surface area contributed by atoms with E-state index < -0.39 is 0 Å². The molecule has 0 saturated carbocycles. The Labute approximate surface area is 113 Å². The number of rotatable bonds is 10. The summed E-state index contributed by atoms with van der Waals surface area (Å²) in [4.78, 5) is 2.45. The van der Waals surface area contributed by atoms with Crippen molar-refractivity contribution in [2.45, 2.75) is 64.3 Å². The SMILES string of the molecule is CCCCCCCCCC(CO)N1CCNCC1. The van der Waals surface area contributed by atoms with Crippen molar-refractivity contribution in [1.29, 1.82) is 0 Å². The molecule has 0 radical (unpaired) electrons. The Bertz CT molecular complexity index is 181. The summed E-state index contributed by atoms with van der Waals surface area (Å²) >= 11 is 0. The maximum absolute atomic E-state index is 9.49. The number of piperazine rings is 1. The minimum Gasteiger partial charge on any atom is -0.395 e. The molecule has 108 valence electrons. The third kappa shape index (κ3) is 6.72. The van der Waals surface area contributed by atoms with Crippen molar-refractivity contribution in [1.82, 2.24) is 10.2 Å². The Morgan fingerprint density at radius 1 is 1.00 bits per heavy atom. The summed E-state index contributed by atoms with van der Waals surface area (Å²) in [6.45, 7) is 6.94. The van der Waals surface area contributed by atoms with Crippen LogP contribution in [0.25, 0.3) is 0 Å². The molecule has 3 heteroatoms. The molecule has 0 aromatic carbocycles. The molecule has 1 rings (SSSR count). The largest absolute Gasteiger partial charge is 0.395 e. The van der Waals surface area contributed by atoms with Crippen LogP contribution in [0.3, 0.4) is 0 Å². The minimum absolute atomic E-state index is 0.329. The fourth-order valence-corrected chi connectivity index (χ4v) is 2.77. The summed E-state index contributed by atoms with van der Waals surface area (Å²) in [7, 11) is 0. The van der Waals surface area contributed by atoms with E-state index in [2.05, 4.69) is 17.1 Å². The Morgan fingerprint density at radius 2 is 1.61 bits per heavy atom. The van der Waals surface area contributed by atoms with E-state index in [1.807, 2.05) is 0 Å². The maximum Gasteiger partial charge on any atom is 0.0586 e. The second-order valence-electron chi connectivity index (χ2n) is 5.53. The molecule has 3 nitrogen and oxygen atoms in total. The van der Waals surface area contributed by atoms with Gasteiger partial charge in [0.25, 0.3) is 0 Å². The molecular formula is C15H32N2O. The van der Waals surface area contributed by atoms with Gasteiger partial charge in [-0.1, -0.05) is 51.9 Å². The molecule has 1 atom stereocenters. The van der Waals surface area contributed by atoms with Crippen LogP contribution >= 0.6 is 0 Å². The van der Waals surface area contributed by atoms with Gasteiger partial charge in [-0.2, -0.15) is 0 Å². The first-order valence-corrected chi connectivity index (χ1v) is 7.94. The van der Waals surface area contributed by atoms with Crippen LogP contribution in [0.15, 0.2) is 0 Å². The van der Waals surface area contributed by atoms with E-state index in [-0.39, 0.29) is 0 Å². The quantitative estimate of drug-likeness (QED) is 0.589. The van der Waals surface area contributed by atoms with Crippen LogP contribution in [0.4, 0.5) is 0 Å².